The SMILES string of the molecule is CCCCC/C=C\C/C=C\CCCCCCCCC(CCCCCCCC/C=C\C/C=C\CCCCC)OC(=O)COCCNC. The molecule has 0 aliphatic rings. The third-order valence-electron chi connectivity index (χ3n) is 8.47. The van der Waals surface area contributed by atoms with Crippen LogP contribution in [0, 0.1) is 0 Å². The second-order valence-corrected chi connectivity index (χ2v) is 13.0. The van der Waals surface area contributed by atoms with Crippen LogP contribution in [0.5, 0.6) is 0 Å². The molecule has 0 radical (unpaired) electrons. The number of rotatable bonds is 36. The average molecular weight is 644 g/mol. The first kappa shape index (κ1) is 44.4. The average Bonchev–Trinajstić information content (AvgIpc) is 3.06. The van der Waals surface area contributed by atoms with Gasteiger partial charge in [-0.1, -0.05) is 140 Å². The lowest BCUT2D eigenvalue weighted by molar-refractivity contribution is -0.155. The van der Waals surface area contributed by atoms with E-state index in [1.54, 1.807) is 0 Å². The van der Waals surface area contributed by atoms with Crippen LogP contribution in [0.25, 0.3) is 0 Å². The Kier molecular flexibility index (Phi) is 38.1. The van der Waals surface area contributed by atoms with Gasteiger partial charge in [0.1, 0.15) is 12.7 Å². The van der Waals surface area contributed by atoms with E-state index < -0.39 is 0 Å². The molecule has 0 amide bonds. The Hall–Kier alpha value is -1.65. The minimum Gasteiger partial charge on any atom is -0.461 e. The van der Waals surface area contributed by atoms with Gasteiger partial charge in [-0.15, -0.1) is 0 Å². The molecule has 0 aromatic carbocycles. The van der Waals surface area contributed by atoms with Crippen molar-refractivity contribution in [1.82, 2.24) is 5.32 Å². The predicted octanol–water partition coefficient (Wildman–Crippen LogP) is 12.5. The van der Waals surface area contributed by atoms with Crippen molar-refractivity contribution in [3.63, 3.8) is 0 Å². The largest absolute Gasteiger partial charge is 0.461 e. The van der Waals surface area contributed by atoms with Crippen molar-refractivity contribution >= 4 is 5.97 Å². The van der Waals surface area contributed by atoms with Crippen LogP contribution < -0.4 is 5.32 Å². The molecular formula is C42H77NO3. The number of ether oxygens (including phenoxy) is 2. The van der Waals surface area contributed by atoms with Gasteiger partial charge in [0, 0.05) is 6.54 Å². The van der Waals surface area contributed by atoms with Crippen LogP contribution >= 0.6 is 0 Å². The summed E-state index contributed by atoms with van der Waals surface area (Å²) in [6, 6.07) is 0. The fourth-order valence-corrected chi connectivity index (χ4v) is 5.53. The lowest BCUT2D eigenvalue weighted by atomic mass is 10.0. The molecule has 0 bridgehead atoms. The standard InChI is InChI=1S/C42H77NO3/c1-4-6-8-10-12-14-16-18-20-22-24-26-28-30-32-34-36-41(46-42(44)40-45-39-38-43-3)37-35-33-31-29-27-25-23-21-19-17-15-13-11-9-7-5-2/h12-15,18-21,41,43H,4-11,16-17,22-40H2,1-3H3/b14-12-,15-13-,20-18-,21-19-. The molecule has 0 unspecified atom stereocenters. The Balaban J connectivity index is 4.00. The molecular weight excluding hydrogens is 566 g/mol. The summed E-state index contributed by atoms with van der Waals surface area (Å²) in [6.07, 6.45) is 50.7. The van der Waals surface area contributed by atoms with E-state index in [0.29, 0.717) is 6.61 Å². The zero-order valence-electron chi connectivity index (χ0n) is 30.9. The highest BCUT2D eigenvalue weighted by atomic mass is 16.6. The molecule has 1 N–H and O–H groups in total. The highest BCUT2D eigenvalue weighted by Crippen LogP contribution is 2.18. The first-order chi connectivity index (χ1) is 22.7. The summed E-state index contributed by atoms with van der Waals surface area (Å²) in [7, 11) is 1.89. The molecule has 0 spiro atoms. The highest BCUT2D eigenvalue weighted by Gasteiger charge is 2.14. The Bertz CT molecular complexity index is 678. The zero-order valence-corrected chi connectivity index (χ0v) is 30.9. The fourth-order valence-electron chi connectivity index (χ4n) is 5.53. The number of allylic oxidation sites excluding steroid dienone is 8. The number of hydrogen-bond donors (Lipinski definition) is 1. The molecule has 0 atom stereocenters. The Morgan fingerprint density at radius 1 is 0.543 bits per heavy atom. The molecule has 0 rings (SSSR count). The number of carbonyl (C=O) groups is 1. The molecule has 0 saturated carbocycles. The van der Waals surface area contributed by atoms with Crippen LogP contribution in [0.1, 0.15) is 181 Å². The van der Waals surface area contributed by atoms with Crippen LogP contribution in [0.4, 0.5) is 0 Å². The smallest absolute Gasteiger partial charge is 0.332 e. The summed E-state index contributed by atoms with van der Waals surface area (Å²) >= 11 is 0. The first-order valence-corrected chi connectivity index (χ1v) is 19.8. The van der Waals surface area contributed by atoms with E-state index in [9.17, 15) is 4.79 Å². The summed E-state index contributed by atoms with van der Waals surface area (Å²) < 4.78 is 11.3. The van der Waals surface area contributed by atoms with Gasteiger partial charge in [0.25, 0.3) is 0 Å². The van der Waals surface area contributed by atoms with Gasteiger partial charge in [-0.2, -0.15) is 0 Å². The number of nitrogens with one attached hydrogen (secondary N) is 1. The van der Waals surface area contributed by atoms with Crippen LogP contribution in [-0.4, -0.2) is 38.9 Å². The second kappa shape index (κ2) is 39.5. The van der Waals surface area contributed by atoms with E-state index in [1.165, 1.54) is 128 Å². The molecule has 0 heterocycles. The minimum absolute atomic E-state index is 0.0389. The normalized spacial score (nSPS) is 12.3. The summed E-state index contributed by atoms with van der Waals surface area (Å²) in [5.41, 5.74) is 0. The number of carbonyl (C=O) groups excluding carboxylic acids is 1. The summed E-state index contributed by atoms with van der Waals surface area (Å²) in [5, 5.41) is 3.04. The molecule has 0 aliphatic carbocycles. The number of likely N-dealkylation sites (N-methyl/N-ethyl adjacent to an activating group) is 1. The third-order valence-corrected chi connectivity index (χ3v) is 8.47. The molecule has 46 heavy (non-hydrogen) atoms. The molecule has 0 aromatic rings. The number of hydrogen-bond acceptors (Lipinski definition) is 4. The quantitative estimate of drug-likeness (QED) is 0.0419. The van der Waals surface area contributed by atoms with Crippen LogP contribution in [-0.2, 0) is 14.3 Å². The van der Waals surface area contributed by atoms with Crippen LogP contribution in [0.15, 0.2) is 48.6 Å². The van der Waals surface area contributed by atoms with Gasteiger partial charge < -0.3 is 14.8 Å². The van der Waals surface area contributed by atoms with E-state index in [0.717, 1.165) is 45.1 Å². The Morgan fingerprint density at radius 2 is 0.935 bits per heavy atom. The van der Waals surface area contributed by atoms with Gasteiger partial charge in [-0.05, 0) is 96.9 Å². The van der Waals surface area contributed by atoms with E-state index in [-0.39, 0.29) is 18.7 Å². The monoisotopic (exact) mass is 644 g/mol. The molecule has 0 saturated heterocycles. The van der Waals surface area contributed by atoms with E-state index in [2.05, 4.69) is 67.8 Å². The van der Waals surface area contributed by atoms with Gasteiger partial charge in [0.05, 0.1) is 6.61 Å². The maximum Gasteiger partial charge on any atom is 0.332 e. The van der Waals surface area contributed by atoms with Gasteiger partial charge in [0.2, 0.25) is 0 Å². The summed E-state index contributed by atoms with van der Waals surface area (Å²) in [4.78, 5) is 12.4. The number of unbranched alkanes of at least 4 members (excludes halogenated alkanes) is 18. The van der Waals surface area contributed by atoms with Crippen molar-refractivity contribution < 1.29 is 14.3 Å². The van der Waals surface area contributed by atoms with Crippen molar-refractivity contribution in [2.24, 2.45) is 0 Å². The highest BCUT2D eigenvalue weighted by molar-refractivity contribution is 5.70. The molecule has 268 valence electrons. The predicted molar refractivity (Wildman–Crippen MR) is 203 cm³/mol. The fraction of sp³-hybridized carbons (Fsp3) is 0.786. The van der Waals surface area contributed by atoms with Crippen LogP contribution in [0.2, 0.25) is 0 Å². The van der Waals surface area contributed by atoms with E-state index in [4.69, 9.17) is 9.47 Å². The van der Waals surface area contributed by atoms with Crippen LogP contribution in [0.3, 0.4) is 0 Å². The molecule has 4 nitrogen and oxygen atoms in total. The Labute approximate surface area is 287 Å². The van der Waals surface area contributed by atoms with Gasteiger partial charge in [-0.3, -0.25) is 0 Å². The third kappa shape index (κ3) is 36.8. The molecule has 0 aromatic heterocycles. The maximum atomic E-state index is 12.4. The molecule has 0 fully saturated rings. The minimum atomic E-state index is -0.207. The van der Waals surface area contributed by atoms with E-state index >= 15 is 0 Å². The topological polar surface area (TPSA) is 47.6 Å². The van der Waals surface area contributed by atoms with Crippen molar-refractivity contribution in [3.8, 4) is 0 Å². The van der Waals surface area contributed by atoms with Crippen molar-refractivity contribution in [2.45, 2.75) is 187 Å². The van der Waals surface area contributed by atoms with Gasteiger partial charge >= 0.3 is 5.97 Å². The summed E-state index contributed by atoms with van der Waals surface area (Å²) in [6.45, 7) is 5.86. The zero-order chi connectivity index (χ0) is 33.4. The van der Waals surface area contributed by atoms with Gasteiger partial charge in [0.15, 0.2) is 0 Å². The second-order valence-electron chi connectivity index (χ2n) is 13.0. The lowest BCUT2D eigenvalue weighted by Gasteiger charge is -2.18. The van der Waals surface area contributed by atoms with Crippen molar-refractivity contribution in [1.29, 1.82) is 0 Å². The van der Waals surface area contributed by atoms with Crippen molar-refractivity contribution in [2.75, 3.05) is 26.8 Å². The van der Waals surface area contributed by atoms with Crippen molar-refractivity contribution in [3.05, 3.63) is 48.6 Å². The number of esters is 1. The lowest BCUT2D eigenvalue weighted by Crippen LogP contribution is -2.23. The van der Waals surface area contributed by atoms with E-state index in [1.807, 2.05) is 7.05 Å². The molecule has 0 aliphatic heterocycles. The summed E-state index contributed by atoms with van der Waals surface area (Å²) in [5.74, 6) is -0.207. The first-order valence-electron chi connectivity index (χ1n) is 19.8. The van der Waals surface area contributed by atoms with Gasteiger partial charge in [-0.25, -0.2) is 4.79 Å². The maximum absolute atomic E-state index is 12.4. The Morgan fingerprint density at radius 3 is 1.35 bits per heavy atom. The molecule has 4 heteroatoms.